The molecule has 0 amide bonds. The number of benzene rings is 4. The predicted molar refractivity (Wildman–Crippen MR) is 167 cm³/mol. The zero-order valence-corrected chi connectivity index (χ0v) is 23.6. The number of unbranched alkanes of at least 4 members (excludes halogenated alkanes) is 2. The molecule has 0 fully saturated rings. The number of esters is 2. The number of rotatable bonds is 14. The van der Waals surface area contributed by atoms with Gasteiger partial charge in [-0.1, -0.05) is 79.9 Å². The SMILES string of the molecule is C=CC(=O)C/C=C/CCCCc1ccc(C(=O)Oc2ccc3cc(-c4ccc(COC(=O)C=C)cc4)ccc3c2)cc1. The minimum atomic E-state index is -0.445. The lowest BCUT2D eigenvalue weighted by Crippen LogP contribution is -2.08. The van der Waals surface area contributed by atoms with Crippen LogP contribution < -0.4 is 4.74 Å². The molecule has 0 aliphatic rings. The number of fused-ring (bicyclic) bond motifs is 1. The van der Waals surface area contributed by atoms with Crippen LogP contribution in [0.25, 0.3) is 21.9 Å². The second kappa shape index (κ2) is 15.1. The van der Waals surface area contributed by atoms with Crippen LogP contribution in [0.3, 0.4) is 0 Å². The summed E-state index contributed by atoms with van der Waals surface area (Å²) in [5.41, 5.74) is 4.67. The van der Waals surface area contributed by atoms with Gasteiger partial charge in [0.25, 0.3) is 0 Å². The van der Waals surface area contributed by atoms with Gasteiger partial charge in [-0.2, -0.15) is 0 Å². The van der Waals surface area contributed by atoms with E-state index in [-0.39, 0.29) is 12.4 Å². The molecule has 0 spiro atoms. The molecule has 0 unspecified atom stereocenters. The van der Waals surface area contributed by atoms with Crippen LogP contribution in [-0.4, -0.2) is 17.7 Å². The minimum Gasteiger partial charge on any atom is -0.458 e. The van der Waals surface area contributed by atoms with E-state index in [1.807, 2.05) is 72.8 Å². The van der Waals surface area contributed by atoms with Crippen molar-refractivity contribution >= 4 is 28.5 Å². The molecule has 0 radical (unpaired) electrons. The Morgan fingerprint density at radius 2 is 1.38 bits per heavy atom. The number of ketones is 1. The van der Waals surface area contributed by atoms with Gasteiger partial charge < -0.3 is 9.47 Å². The molecule has 0 aliphatic carbocycles. The van der Waals surface area contributed by atoms with Crippen LogP contribution in [0, 0.1) is 0 Å². The summed E-state index contributed by atoms with van der Waals surface area (Å²) in [6.07, 6.45) is 10.8. The Morgan fingerprint density at radius 1 is 0.690 bits per heavy atom. The first kappa shape index (κ1) is 29.9. The van der Waals surface area contributed by atoms with Gasteiger partial charge in [-0.3, -0.25) is 4.79 Å². The predicted octanol–water partition coefficient (Wildman–Crippen LogP) is 8.37. The lowest BCUT2D eigenvalue weighted by molar-refractivity contribution is -0.139. The van der Waals surface area contributed by atoms with Gasteiger partial charge in [-0.05, 0) is 95.1 Å². The maximum Gasteiger partial charge on any atom is 0.343 e. The summed E-state index contributed by atoms with van der Waals surface area (Å²) in [5, 5.41) is 2.00. The Hall–Kier alpha value is -5.03. The Morgan fingerprint density at radius 3 is 2.12 bits per heavy atom. The Kier molecular flexibility index (Phi) is 10.8. The summed E-state index contributed by atoms with van der Waals surface area (Å²) in [7, 11) is 0. The molecule has 4 aromatic rings. The van der Waals surface area contributed by atoms with Crippen molar-refractivity contribution in [2.75, 3.05) is 0 Å². The zero-order valence-electron chi connectivity index (χ0n) is 23.6. The van der Waals surface area contributed by atoms with Crippen molar-refractivity contribution in [2.24, 2.45) is 0 Å². The Balaban J connectivity index is 1.29. The molecule has 5 heteroatoms. The van der Waals surface area contributed by atoms with Gasteiger partial charge in [0, 0.05) is 12.5 Å². The van der Waals surface area contributed by atoms with Crippen LogP contribution in [-0.2, 0) is 27.4 Å². The zero-order chi connectivity index (χ0) is 29.7. The molecule has 0 aromatic heterocycles. The van der Waals surface area contributed by atoms with Gasteiger partial charge in [-0.15, -0.1) is 0 Å². The van der Waals surface area contributed by atoms with Gasteiger partial charge in [0.05, 0.1) is 5.56 Å². The highest BCUT2D eigenvalue weighted by Gasteiger charge is 2.10. The highest BCUT2D eigenvalue weighted by atomic mass is 16.5. The van der Waals surface area contributed by atoms with Crippen molar-refractivity contribution in [3.05, 3.63) is 139 Å². The lowest BCUT2D eigenvalue weighted by Gasteiger charge is -2.09. The van der Waals surface area contributed by atoms with E-state index in [0.29, 0.717) is 17.7 Å². The molecule has 4 aromatic carbocycles. The van der Waals surface area contributed by atoms with Crippen LogP contribution in [0.2, 0.25) is 0 Å². The summed E-state index contributed by atoms with van der Waals surface area (Å²) in [5.74, 6) is -0.313. The molecule has 0 N–H and O–H groups in total. The minimum absolute atomic E-state index is 0.0337. The van der Waals surface area contributed by atoms with Crippen molar-refractivity contribution in [1.29, 1.82) is 0 Å². The van der Waals surface area contributed by atoms with Gasteiger partial charge in [0.2, 0.25) is 0 Å². The van der Waals surface area contributed by atoms with Crippen molar-refractivity contribution < 1.29 is 23.9 Å². The lowest BCUT2D eigenvalue weighted by atomic mass is 10.0. The average molecular weight is 559 g/mol. The summed E-state index contributed by atoms with van der Waals surface area (Å²) in [6.45, 7) is 7.07. The second-order valence-corrected chi connectivity index (χ2v) is 9.91. The molecule has 5 nitrogen and oxygen atoms in total. The van der Waals surface area contributed by atoms with E-state index < -0.39 is 11.9 Å². The molecule has 4 rings (SSSR count). The standard InChI is InChI=1S/C37H34O5/c1-3-34(38)11-9-7-5-6-8-10-27-12-18-30(19-13-27)37(40)42-35-23-22-32-24-31(20-21-33(32)25-35)29-16-14-28(15-17-29)26-41-36(39)4-2/h3-4,7,9,12-25H,1-2,5-6,8,10-11,26H2/b9-7+. The Bertz CT molecular complexity index is 1590. The number of hydrogen-bond acceptors (Lipinski definition) is 5. The molecule has 0 aliphatic heterocycles. The third-order valence-corrected chi connectivity index (χ3v) is 6.85. The number of carbonyl (C=O) groups excluding carboxylic acids is 3. The van der Waals surface area contributed by atoms with Crippen molar-refractivity contribution in [3.63, 3.8) is 0 Å². The normalized spacial score (nSPS) is 10.9. The summed E-state index contributed by atoms with van der Waals surface area (Å²) < 4.78 is 10.8. The van der Waals surface area contributed by atoms with E-state index in [0.717, 1.165) is 59.2 Å². The van der Waals surface area contributed by atoms with Crippen LogP contribution in [0.1, 0.15) is 47.2 Å². The fraction of sp³-hybridized carbons (Fsp3) is 0.162. The van der Waals surface area contributed by atoms with Crippen LogP contribution >= 0.6 is 0 Å². The maximum absolute atomic E-state index is 12.8. The molecule has 0 saturated heterocycles. The van der Waals surface area contributed by atoms with Gasteiger partial charge in [0.1, 0.15) is 12.4 Å². The highest BCUT2D eigenvalue weighted by Crippen LogP contribution is 2.28. The molecule has 42 heavy (non-hydrogen) atoms. The monoisotopic (exact) mass is 558 g/mol. The van der Waals surface area contributed by atoms with Crippen LogP contribution in [0.15, 0.2) is 122 Å². The van der Waals surface area contributed by atoms with Crippen LogP contribution in [0.4, 0.5) is 0 Å². The van der Waals surface area contributed by atoms with E-state index in [1.165, 1.54) is 11.6 Å². The summed E-state index contributed by atoms with van der Waals surface area (Å²) in [6, 6.07) is 27.1. The number of carbonyl (C=O) groups is 3. The molecule has 212 valence electrons. The van der Waals surface area contributed by atoms with Gasteiger partial charge >= 0.3 is 11.9 Å². The van der Waals surface area contributed by atoms with Crippen molar-refractivity contribution in [3.8, 4) is 16.9 Å². The third kappa shape index (κ3) is 8.73. The first-order valence-corrected chi connectivity index (χ1v) is 14.0. The second-order valence-electron chi connectivity index (χ2n) is 9.91. The number of allylic oxidation sites excluding steroid dienone is 3. The number of ether oxygens (including phenoxy) is 2. The first-order valence-electron chi connectivity index (χ1n) is 14.0. The Labute approximate surface area is 246 Å². The fourth-order valence-corrected chi connectivity index (χ4v) is 4.44. The van der Waals surface area contributed by atoms with E-state index in [2.05, 4.69) is 19.2 Å². The highest BCUT2D eigenvalue weighted by molar-refractivity contribution is 5.93. The average Bonchev–Trinajstić information content (AvgIpc) is 3.03. The number of hydrogen-bond donors (Lipinski definition) is 0. The van der Waals surface area contributed by atoms with Gasteiger partial charge in [0.15, 0.2) is 5.78 Å². The maximum atomic E-state index is 12.8. The van der Waals surface area contributed by atoms with E-state index in [9.17, 15) is 14.4 Å². The molecular formula is C37H34O5. The van der Waals surface area contributed by atoms with E-state index in [1.54, 1.807) is 18.2 Å². The molecule has 0 bridgehead atoms. The van der Waals surface area contributed by atoms with Crippen LogP contribution in [0.5, 0.6) is 5.75 Å². The van der Waals surface area contributed by atoms with Gasteiger partial charge in [-0.25, -0.2) is 9.59 Å². The van der Waals surface area contributed by atoms with Crippen molar-refractivity contribution in [1.82, 2.24) is 0 Å². The summed E-state index contributed by atoms with van der Waals surface area (Å²) >= 11 is 0. The van der Waals surface area contributed by atoms with Crippen molar-refractivity contribution in [2.45, 2.75) is 38.7 Å². The number of aryl methyl sites for hydroxylation is 1. The van der Waals surface area contributed by atoms with E-state index in [4.69, 9.17) is 9.47 Å². The quantitative estimate of drug-likeness (QED) is 0.0511. The first-order chi connectivity index (χ1) is 20.4. The summed E-state index contributed by atoms with van der Waals surface area (Å²) in [4.78, 5) is 35.2. The smallest absolute Gasteiger partial charge is 0.343 e. The molecule has 0 saturated carbocycles. The largest absolute Gasteiger partial charge is 0.458 e. The fourth-order valence-electron chi connectivity index (χ4n) is 4.44. The molecule has 0 heterocycles. The van der Waals surface area contributed by atoms with E-state index >= 15 is 0 Å². The third-order valence-electron chi connectivity index (χ3n) is 6.85. The topological polar surface area (TPSA) is 69.7 Å². The molecular weight excluding hydrogens is 524 g/mol. The molecule has 0 atom stereocenters.